The van der Waals surface area contributed by atoms with Gasteiger partial charge in [0.2, 0.25) is 0 Å². The first-order chi connectivity index (χ1) is 8.91. The lowest BCUT2D eigenvalue weighted by atomic mass is 9.68. The van der Waals surface area contributed by atoms with Crippen molar-refractivity contribution < 1.29 is 4.39 Å². The van der Waals surface area contributed by atoms with Crippen LogP contribution in [0.25, 0.3) is 0 Å². The predicted molar refractivity (Wildman–Crippen MR) is 78.5 cm³/mol. The van der Waals surface area contributed by atoms with Crippen molar-refractivity contribution in [3.63, 3.8) is 0 Å². The van der Waals surface area contributed by atoms with E-state index in [1.165, 1.54) is 37.8 Å². The lowest BCUT2D eigenvalue weighted by Gasteiger charge is -2.40. The molecule has 106 valence electrons. The average Bonchev–Trinajstić information content (AvgIpc) is 2.39. The van der Waals surface area contributed by atoms with Crippen LogP contribution >= 0.6 is 0 Å². The molecule has 0 amide bonds. The van der Waals surface area contributed by atoms with Crippen molar-refractivity contribution in [2.24, 2.45) is 17.6 Å². The van der Waals surface area contributed by atoms with Crippen LogP contribution in [-0.4, -0.2) is 6.04 Å². The van der Waals surface area contributed by atoms with Crippen LogP contribution < -0.4 is 5.73 Å². The van der Waals surface area contributed by atoms with Gasteiger partial charge in [0, 0.05) is 11.5 Å². The first-order valence-corrected chi connectivity index (χ1v) is 7.43. The zero-order valence-electron chi connectivity index (χ0n) is 12.3. The van der Waals surface area contributed by atoms with Gasteiger partial charge in [0.1, 0.15) is 5.82 Å². The molecule has 1 fully saturated rings. The van der Waals surface area contributed by atoms with Gasteiger partial charge in [0.05, 0.1) is 0 Å². The molecule has 1 aromatic rings. The molecule has 1 unspecified atom stereocenters. The Labute approximate surface area is 116 Å². The van der Waals surface area contributed by atoms with Crippen molar-refractivity contribution >= 4 is 0 Å². The topological polar surface area (TPSA) is 26.0 Å². The molecule has 1 saturated carbocycles. The van der Waals surface area contributed by atoms with Gasteiger partial charge in [-0.15, -0.1) is 0 Å². The molecule has 1 aromatic carbocycles. The fourth-order valence-corrected chi connectivity index (χ4v) is 3.31. The first kappa shape index (κ1) is 14.5. The summed E-state index contributed by atoms with van der Waals surface area (Å²) in [5.41, 5.74) is 7.59. The molecule has 1 aliphatic rings. The Morgan fingerprint density at radius 1 is 1.11 bits per heavy atom. The monoisotopic (exact) mass is 263 g/mol. The Morgan fingerprint density at radius 2 is 1.63 bits per heavy atom. The highest BCUT2D eigenvalue weighted by atomic mass is 19.1. The predicted octanol–water partition coefficient (Wildman–Crippen LogP) is 4.26. The van der Waals surface area contributed by atoms with E-state index in [9.17, 15) is 4.39 Å². The highest BCUT2D eigenvalue weighted by molar-refractivity contribution is 5.26. The Balaban J connectivity index is 2.12. The molecule has 19 heavy (non-hydrogen) atoms. The molecule has 0 heterocycles. The second kappa shape index (κ2) is 5.62. The summed E-state index contributed by atoms with van der Waals surface area (Å²) in [5, 5.41) is 0. The van der Waals surface area contributed by atoms with Gasteiger partial charge in [-0.25, -0.2) is 4.39 Å². The maximum atomic E-state index is 13.0. The summed E-state index contributed by atoms with van der Waals surface area (Å²) in [6.07, 6.45) is 5.04. The Morgan fingerprint density at radius 3 is 2.16 bits per heavy atom. The third-order valence-corrected chi connectivity index (χ3v) is 4.99. The van der Waals surface area contributed by atoms with Crippen LogP contribution in [0.15, 0.2) is 24.3 Å². The molecule has 2 N–H and O–H groups in total. The van der Waals surface area contributed by atoms with Crippen molar-refractivity contribution in [2.45, 2.75) is 57.9 Å². The van der Waals surface area contributed by atoms with Crippen molar-refractivity contribution in [1.82, 2.24) is 0 Å². The van der Waals surface area contributed by atoms with E-state index >= 15 is 0 Å². The zero-order chi connectivity index (χ0) is 14.0. The van der Waals surface area contributed by atoms with Crippen molar-refractivity contribution in [1.29, 1.82) is 0 Å². The van der Waals surface area contributed by atoms with Crippen LogP contribution in [-0.2, 0) is 5.41 Å². The third-order valence-electron chi connectivity index (χ3n) is 4.99. The second-order valence-corrected chi connectivity index (χ2v) is 6.77. The van der Waals surface area contributed by atoms with E-state index in [0.29, 0.717) is 5.92 Å². The quantitative estimate of drug-likeness (QED) is 0.866. The molecule has 2 rings (SSSR count). The summed E-state index contributed by atoms with van der Waals surface area (Å²) in [7, 11) is 0. The minimum atomic E-state index is -0.181. The standard InChI is InChI=1S/C17H26FN/c1-12-4-6-13(7-5-12)16(19)17(2,3)14-8-10-15(18)11-9-14/h8-13,16H,4-7,19H2,1-3H3. The normalized spacial score (nSPS) is 26.2. The van der Waals surface area contributed by atoms with Gasteiger partial charge in [0.15, 0.2) is 0 Å². The van der Waals surface area contributed by atoms with Gasteiger partial charge in [-0.05, 0) is 42.4 Å². The van der Waals surface area contributed by atoms with Crippen molar-refractivity contribution in [3.8, 4) is 0 Å². The minimum absolute atomic E-state index is 0.0983. The number of nitrogens with two attached hydrogens (primary N) is 1. The van der Waals surface area contributed by atoms with Crippen LogP contribution in [0.5, 0.6) is 0 Å². The Kier molecular flexibility index (Phi) is 4.29. The van der Waals surface area contributed by atoms with E-state index in [1.54, 1.807) is 0 Å². The highest BCUT2D eigenvalue weighted by Crippen LogP contribution is 2.37. The summed E-state index contributed by atoms with van der Waals surface area (Å²) in [6, 6.07) is 6.96. The van der Waals surface area contributed by atoms with E-state index in [-0.39, 0.29) is 17.3 Å². The lowest BCUT2D eigenvalue weighted by molar-refractivity contribution is 0.205. The van der Waals surface area contributed by atoms with Gasteiger partial charge in [-0.3, -0.25) is 0 Å². The molecule has 0 bridgehead atoms. The molecular formula is C17H26FN. The summed E-state index contributed by atoms with van der Waals surface area (Å²) < 4.78 is 13.0. The van der Waals surface area contributed by atoms with E-state index in [2.05, 4.69) is 20.8 Å². The van der Waals surface area contributed by atoms with E-state index in [4.69, 9.17) is 5.73 Å². The van der Waals surface area contributed by atoms with Crippen LogP contribution in [0.4, 0.5) is 4.39 Å². The molecule has 0 aliphatic heterocycles. The van der Waals surface area contributed by atoms with Crippen LogP contribution in [0.2, 0.25) is 0 Å². The zero-order valence-corrected chi connectivity index (χ0v) is 12.3. The molecular weight excluding hydrogens is 237 g/mol. The maximum absolute atomic E-state index is 13.0. The summed E-state index contributed by atoms with van der Waals surface area (Å²) in [6.45, 7) is 6.69. The molecule has 0 radical (unpaired) electrons. The molecule has 2 heteroatoms. The fraction of sp³-hybridized carbons (Fsp3) is 0.647. The number of rotatable bonds is 3. The van der Waals surface area contributed by atoms with Crippen molar-refractivity contribution in [2.75, 3.05) is 0 Å². The Bertz CT molecular complexity index is 402. The number of benzene rings is 1. The van der Waals surface area contributed by atoms with Gasteiger partial charge in [0.25, 0.3) is 0 Å². The van der Waals surface area contributed by atoms with E-state index < -0.39 is 0 Å². The van der Waals surface area contributed by atoms with Gasteiger partial charge in [-0.1, -0.05) is 45.7 Å². The third kappa shape index (κ3) is 3.17. The number of halogens is 1. The highest BCUT2D eigenvalue weighted by Gasteiger charge is 2.35. The first-order valence-electron chi connectivity index (χ1n) is 7.43. The van der Waals surface area contributed by atoms with Crippen LogP contribution in [0.3, 0.4) is 0 Å². The number of hydrogen-bond donors (Lipinski definition) is 1. The van der Waals surface area contributed by atoms with Crippen molar-refractivity contribution in [3.05, 3.63) is 35.6 Å². The van der Waals surface area contributed by atoms with E-state index in [0.717, 1.165) is 11.5 Å². The fourth-order valence-electron chi connectivity index (χ4n) is 3.31. The minimum Gasteiger partial charge on any atom is -0.327 e. The van der Waals surface area contributed by atoms with Crippen LogP contribution in [0, 0.1) is 17.7 Å². The molecule has 0 saturated heterocycles. The Hall–Kier alpha value is -0.890. The summed E-state index contributed by atoms with van der Waals surface area (Å²) in [4.78, 5) is 0. The molecule has 1 atom stereocenters. The molecule has 1 aliphatic carbocycles. The van der Waals surface area contributed by atoms with Crippen LogP contribution in [0.1, 0.15) is 52.0 Å². The maximum Gasteiger partial charge on any atom is 0.123 e. The summed E-state index contributed by atoms with van der Waals surface area (Å²) >= 11 is 0. The second-order valence-electron chi connectivity index (χ2n) is 6.77. The largest absolute Gasteiger partial charge is 0.327 e. The summed E-state index contributed by atoms with van der Waals surface area (Å²) in [5.74, 6) is 1.26. The van der Waals surface area contributed by atoms with E-state index in [1.807, 2.05) is 12.1 Å². The SMILES string of the molecule is CC1CCC(C(N)C(C)(C)c2ccc(F)cc2)CC1. The molecule has 1 nitrogen and oxygen atoms in total. The lowest BCUT2D eigenvalue weighted by Crippen LogP contribution is -2.47. The molecule has 0 spiro atoms. The average molecular weight is 263 g/mol. The number of hydrogen-bond acceptors (Lipinski definition) is 1. The van der Waals surface area contributed by atoms with Gasteiger partial charge < -0.3 is 5.73 Å². The smallest absolute Gasteiger partial charge is 0.123 e. The van der Waals surface area contributed by atoms with Gasteiger partial charge >= 0.3 is 0 Å². The molecule has 0 aromatic heterocycles. The van der Waals surface area contributed by atoms with Gasteiger partial charge in [-0.2, -0.15) is 0 Å².